The molecule has 0 fully saturated rings. The van der Waals surface area contributed by atoms with Gasteiger partial charge in [0.2, 0.25) is 0 Å². The average Bonchev–Trinajstić information content (AvgIpc) is 2.26. The lowest BCUT2D eigenvalue weighted by atomic mass is 10.1. The van der Waals surface area contributed by atoms with Crippen LogP contribution in [0.15, 0.2) is 30.3 Å². The highest BCUT2D eigenvalue weighted by Crippen LogP contribution is 2.18. The van der Waals surface area contributed by atoms with Crippen molar-refractivity contribution in [1.29, 1.82) is 0 Å². The fraction of sp³-hybridized carbons (Fsp3) is 0.385. The summed E-state index contributed by atoms with van der Waals surface area (Å²) in [5.41, 5.74) is 1.32. The first-order chi connectivity index (χ1) is 6.79. The van der Waals surface area contributed by atoms with Crippen molar-refractivity contribution in [2.75, 3.05) is 13.1 Å². The van der Waals surface area contributed by atoms with E-state index in [1.807, 2.05) is 6.07 Å². The Bertz CT molecular complexity index is 297. The van der Waals surface area contributed by atoms with Gasteiger partial charge < -0.3 is 0 Å². The number of nitrogens with zero attached hydrogens (tertiary/aromatic N) is 1. The van der Waals surface area contributed by atoms with Crippen LogP contribution >= 0.6 is 0 Å². The Morgan fingerprint density at radius 1 is 1.36 bits per heavy atom. The van der Waals surface area contributed by atoms with Crippen molar-refractivity contribution in [3.8, 4) is 12.3 Å². The Hall–Kier alpha value is -1.26. The van der Waals surface area contributed by atoms with Gasteiger partial charge in [-0.05, 0) is 19.0 Å². The molecule has 1 aromatic rings. The third-order valence-corrected chi connectivity index (χ3v) is 2.53. The van der Waals surface area contributed by atoms with Crippen molar-refractivity contribution in [2.24, 2.45) is 0 Å². The molecule has 0 unspecified atom stereocenters. The van der Waals surface area contributed by atoms with Gasteiger partial charge in [-0.25, -0.2) is 0 Å². The zero-order valence-corrected chi connectivity index (χ0v) is 8.90. The second-order valence-corrected chi connectivity index (χ2v) is 3.35. The predicted octanol–water partition coefficient (Wildman–Crippen LogP) is 2.70. The molecule has 0 radical (unpaired) electrons. The maximum absolute atomic E-state index is 5.33. The van der Waals surface area contributed by atoms with Gasteiger partial charge in [-0.1, -0.05) is 43.2 Å². The second-order valence-electron chi connectivity index (χ2n) is 3.35. The molecule has 1 aromatic carbocycles. The first kappa shape index (κ1) is 10.8. The van der Waals surface area contributed by atoms with Crippen LogP contribution in [0.4, 0.5) is 0 Å². The highest BCUT2D eigenvalue weighted by Gasteiger charge is 2.11. The fourth-order valence-corrected chi connectivity index (χ4v) is 1.58. The number of hydrogen-bond donors (Lipinski definition) is 0. The highest BCUT2D eigenvalue weighted by molar-refractivity contribution is 5.18. The average molecular weight is 187 g/mol. The van der Waals surface area contributed by atoms with E-state index >= 15 is 0 Å². The lowest BCUT2D eigenvalue weighted by Gasteiger charge is -2.25. The summed E-state index contributed by atoms with van der Waals surface area (Å²) in [5, 5.41) is 0. The van der Waals surface area contributed by atoms with E-state index < -0.39 is 0 Å². The lowest BCUT2D eigenvalue weighted by molar-refractivity contribution is 0.251. The van der Waals surface area contributed by atoms with E-state index in [4.69, 9.17) is 6.42 Å². The first-order valence-electron chi connectivity index (χ1n) is 5.02. The topological polar surface area (TPSA) is 3.24 Å². The summed E-state index contributed by atoms with van der Waals surface area (Å²) in [4.78, 5) is 2.27. The molecule has 0 N–H and O–H groups in total. The quantitative estimate of drug-likeness (QED) is 0.655. The molecule has 74 valence electrons. The summed E-state index contributed by atoms with van der Waals surface area (Å²) in [6, 6.07) is 10.9. The van der Waals surface area contributed by atoms with Crippen LogP contribution in [0.1, 0.15) is 25.5 Å². The van der Waals surface area contributed by atoms with Crippen LogP contribution in [0.2, 0.25) is 0 Å². The van der Waals surface area contributed by atoms with Gasteiger partial charge >= 0.3 is 0 Å². The number of benzene rings is 1. The van der Waals surface area contributed by atoms with Gasteiger partial charge in [0.15, 0.2) is 0 Å². The Morgan fingerprint density at radius 2 is 2.00 bits per heavy atom. The predicted molar refractivity (Wildman–Crippen MR) is 60.9 cm³/mol. The molecule has 0 aliphatic rings. The Kier molecular flexibility index (Phi) is 4.22. The summed E-state index contributed by atoms with van der Waals surface area (Å²) < 4.78 is 0. The van der Waals surface area contributed by atoms with Gasteiger partial charge in [-0.2, -0.15) is 0 Å². The van der Waals surface area contributed by atoms with Gasteiger partial charge in [0, 0.05) is 6.04 Å². The van der Waals surface area contributed by atoms with Crippen LogP contribution in [-0.4, -0.2) is 18.0 Å². The maximum atomic E-state index is 5.33. The third kappa shape index (κ3) is 2.61. The van der Waals surface area contributed by atoms with E-state index in [1.165, 1.54) is 5.56 Å². The van der Waals surface area contributed by atoms with Crippen LogP contribution in [0, 0.1) is 12.3 Å². The largest absolute Gasteiger partial charge is 0.286 e. The van der Waals surface area contributed by atoms with Crippen LogP contribution < -0.4 is 0 Å². The van der Waals surface area contributed by atoms with E-state index in [-0.39, 0.29) is 0 Å². The summed E-state index contributed by atoms with van der Waals surface area (Å²) >= 11 is 0. The fourth-order valence-electron chi connectivity index (χ4n) is 1.58. The zero-order chi connectivity index (χ0) is 10.4. The maximum Gasteiger partial charge on any atom is 0.0603 e. The van der Waals surface area contributed by atoms with Gasteiger partial charge in [-0.3, -0.25) is 4.90 Å². The standard InChI is InChI=1S/C13H17N/c1-4-11-14(5-2)12(3)13-9-7-6-8-10-13/h1,6-10,12H,5,11H2,2-3H3/t12-/m1/s1. The minimum atomic E-state index is 0.400. The van der Waals surface area contributed by atoms with Gasteiger partial charge in [0.25, 0.3) is 0 Å². The molecule has 0 aliphatic carbocycles. The zero-order valence-electron chi connectivity index (χ0n) is 8.90. The van der Waals surface area contributed by atoms with Crippen molar-refractivity contribution in [3.63, 3.8) is 0 Å². The summed E-state index contributed by atoms with van der Waals surface area (Å²) in [7, 11) is 0. The second kappa shape index (κ2) is 5.47. The molecule has 1 nitrogen and oxygen atoms in total. The number of terminal acetylenes is 1. The monoisotopic (exact) mass is 187 g/mol. The molecule has 0 aromatic heterocycles. The van der Waals surface area contributed by atoms with Crippen molar-refractivity contribution in [2.45, 2.75) is 19.9 Å². The van der Waals surface area contributed by atoms with E-state index in [1.54, 1.807) is 0 Å². The molecule has 1 rings (SSSR count). The van der Waals surface area contributed by atoms with Crippen LogP contribution in [-0.2, 0) is 0 Å². The Balaban J connectivity index is 2.73. The van der Waals surface area contributed by atoms with Crippen molar-refractivity contribution in [1.82, 2.24) is 4.90 Å². The van der Waals surface area contributed by atoms with E-state index in [0.717, 1.165) is 6.54 Å². The van der Waals surface area contributed by atoms with Crippen molar-refractivity contribution < 1.29 is 0 Å². The molecular formula is C13H17N. The number of rotatable bonds is 4. The summed E-state index contributed by atoms with van der Waals surface area (Å²) in [5.74, 6) is 2.70. The van der Waals surface area contributed by atoms with Crippen molar-refractivity contribution >= 4 is 0 Å². The molecule has 0 heterocycles. The van der Waals surface area contributed by atoms with Gasteiger partial charge in [-0.15, -0.1) is 6.42 Å². The van der Waals surface area contributed by atoms with E-state index in [0.29, 0.717) is 12.6 Å². The molecule has 0 saturated carbocycles. The molecule has 0 spiro atoms. The smallest absolute Gasteiger partial charge is 0.0603 e. The minimum Gasteiger partial charge on any atom is -0.286 e. The van der Waals surface area contributed by atoms with E-state index in [9.17, 15) is 0 Å². The minimum absolute atomic E-state index is 0.400. The SMILES string of the molecule is C#CCN(CC)[C@H](C)c1ccccc1. The molecule has 0 amide bonds. The summed E-state index contributed by atoms with van der Waals surface area (Å²) in [6.45, 7) is 6.03. The van der Waals surface area contributed by atoms with Crippen LogP contribution in [0.25, 0.3) is 0 Å². The van der Waals surface area contributed by atoms with E-state index in [2.05, 4.69) is 48.9 Å². The molecule has 1 heteroatoms. The lowest BCUT2D eigenvalue weighted by Crippen LogP contribution is -2.27. The molecule has 1 atom stereocenters. The van der Waals surface area contributed by atoms with Gasteiger partial charge in [0.05, 0.1) is 6.54 Å². The molecule has 0 bridgehead atoms. The first-order valence-corrected chi connectivity index (χ1v) is 5.02. The molecular weight excluding hydrogens is 170 g/mol. The normalized spacial score (nSPS) is 12.4. The highest BCUT2D eigenvalue weighted by atomic mass is 15.1. The number of hydrogen-bond acceptors (Lipinski definition) is 1. The Labute approximate surface area is 86.7 Å². The van der Waals surface area contributed by atoms with Gasteiger partial charge in [0.1, 0.15) is 0 Å². The van der Waals surface area contributed by atoms with Crippen LogP contribution in [0.5, 0.6) is 0 Å². The molecule has 14 heavy (non-hydrogen) atoms. The molecule has 0 aliphatic heterocycles. The third-order valence-electron chi connectivity index (χ3n) is 2.53. The van der Waals surface area contributed by atoms with Crippen molar-refractivity contribution in [3.05, 3.63) is 35.9 Å². The van der Waals surface area contributed by atoms with Crippen LogP contribution in [0.3, 0.4) is 0 Å². The Morgan fingerprint density at radius 3 is 2.50 bits per heavy atom. The summed E-state index contributed by atoms with van der Waals surface area (Å²) in [6.07, 6.45) is 5.33. The molecule has 0 saturated heterocycles.